The summed E-state index contributed by atoms with van der Waals surface area (Å²) in [6.45, 7) is 4.67. The Kier molecular flexibility index (Phi) is 6.48. The van der Waals surface area contributed by atoms with Gasteiger partial charge in [-0.1, -0.05) is 38.1 Å². The second kappa shape index (κ2) is 8.13. The number of ether oxygens (including phenoxy) is 2. The van der Waals surface area contributed by atoms with Gasteiger partial charge in [0.25, 0.3) is 0 Å². The monoisotopic (exact) mass is 273 g/mol. The fraction of sp³-hybridized carbons (Fsp3) is 0.375. The van der Waals surface area contributed by atoms with Gasteiger partial charge >= 0.3 is 5.97 Å². The van der Waals surface area contributed by atoms with Crippen LogP contribution in [0.5, 0.6) is 0 Å². The van der Waals surface area contributed by atoms with Gasteiger partial charge in [0, 0.05) is 7.11 Å². The van der Waals surface area contributed by atoms with Crippen molar-refractivity contribution in [2.24, 2.45) is 0 Å². The topological polar surface area (TPSA) is 59.3 Å². The Balaban J connectivity index is 2.78. The average molecular weight is 273 g/mol. The third kappa shape index (κ3) is 4.87. The molecule has 0 spiro atoms. The van der Waals surface area contributed by atoms with Crippen molar-refractivity contribution in [2.75, 3.05) is 20.3 Å². The molecule has 1 aromatic carbocycles. The second-order valence-electron chi connectivity index (χ2n) is 4.62. The maximum atomic E-state index is 11.7. The van der Waals surface area contributed by atoms with Crippen molar-refractivity contribution in [1.82, 2.24) is 0 Å². The van der Waals surface area contributed by atoms with Crippen molar-refractivity contribution in [3.8, 4) is 6.07 Å². The van der Waals surface area contributed by atoms with Gasteiger partial charge in [0.05, 0.1) is 6.61 Å². The van der Waals surface area contributed by atoms with E-state index in [0.717, 1.165) is 5.56 Å². The van der Waals surface area contributed by atoms with E-state index in [9.17, 15) is 4.79 Å². The predicted molar refractivity (Wildman–Crippen MR) is 77.0 cm³/mol. The summed E-state index contributed by atoms with van der Waals surface area (Å²) in [6, 6.07) is 9.60. The molecule has 4 nitrogen and oxygen atoms in total. The van der Waals surface area contributed by atoms with Crippen LogP contribution < -0.4 is 0 Å². The minimum absolute atomic E-state index is 0.0154. The zero-order valence-electron chi connectivity index (χ0n) is 12.1. The van der Waals surface area contributed by atoms with E-state index in [1.165, 1.54) is 18.7 Å². The molecule has 0 atom stereocenters. The number of esters is 1. The van der Waals surface area contributed by atoms with E-state index >= 15 is 0 Å². The normalized spacial score (nSPS) is 11.2. The molecule has 0 amide bonds. The lowest BCUT2D eigenvalue weighted by Crippen LogP contribution is -2.11. The molecule has 0 fully saturated rings. The number of rotatable bonds is 6. The summed E-state index contributed by atoms with van der Waals surface area (Å²) in [7, 11) is 1.52. The number of carbonyl (C=O) groups excluding carboxylic acids is 1. The highest BCUT2D eigenvalue weighted by Crippen LogP contribution is 2.16. The van der Waals surface area contributed by atoms with Crippen molar-refractivity contribution in [3.63, 3.8) is 0 Å². The van der Waals surface area contributed by atoms with Gasteiger partial charge in [-0.3, -0.25) is 0 Å². The molecule has 0 radical (unpaired) electrons. The molecule has 1 aromatic rings. The average Bonchev–Trinajstić information content (AvgIpc) is 2.45. The minimum Gasteiger partial charge on any atom is -0.459 e. The number of carbonyl (C=O) groups is 1. The largest absolute Gasteiger partial charge is 0.459 e. The van der Waals surface area contributed by atoms with Crippen LogP contribution in [0.25, 0.3) is 6.08 Å². The van der Waals surface area contributed by atoms with Crippen molar-refractivity contribution >= 4 is 12.0 Å². The fourth-order valence-electron chi connectivity index (χ4n) is 1.58. The van der Waals surface area contributed by atoms with Crippen molar-refractivity contribution < 1.29 is 14.3 Å². The van der Waals surface area contributed by atoms with Gasteiger partial charge in [0.2, 0.25) is 0 Å². The standard InChI is InChI=1S/C16H19NO3/c1-12(2)14-6-4-13(5-7-14)10-15(11-17)16(18)20-9-8-19-3/h4-7,10,12H,8-9H2,1-3H3. The summed E-state index contributed by atoms with van der Waals surface area (Å²) in [6.07, 6.45) is 1.53. The van der Waals surface area contributed by atoms with Crippen LogP contribution in [0.2, 0.25) is 0 Å². The van der Waals surface area contributed by atoms with E-state index in [-0.39, 0.29) is 12.2 Å². The maximum absolute atomic E-state index is 11.7. The molecule has 0 saturated carbocycles. The zero-order chi connectivity index (χ0) is 15.0. The molecule has 0 heterocycles. The molecule has 0 aliphatic rings. The molecule has 106 valence electrons. The van der Waals surface area contributed by atoms with Crippen LogP contribution in [0, 0.1) is 11.3 Å². The van der Waals surface area contributed by atoms with E-state index in [1.54, 1.807) is 0 Å². The van der Waals surface area contributed by atoms with Crippen LogP contribution in [0.1, 0.15) is 30.9 Å². The lowest BCUT2D eigenvalue weighted by atomic mass is 10.0. The summed E-state index contributed by atoms with van der Waals surface area (Å²) in [5.74, 6) is -0.181. The van der Waals surface area contributed by atoms with Crippen LogP contribution in [-0.2, 0) is 14.3 Å². The Hall–Kier alpha value is -2.12. The van der Waals surface area contributed by atoms with E-state index in [4.69, 9.17) is 14.7 Å². The fourth-order valence-corrected chi connectivity index (χ4v) is 1.58. The molecule has 0 N–H and O–H groups in total. The van der Waals surface area contributed by atoms with Crippen molar-refractivity contribution in [2.45, 2.75) is 19.8 Å². The number of hydrogen-bond acceptors (Lipinski definition) is 4. The van der Waals surface area contributed by atoms with Gasteiger partial charge in [-0.15, -0.1) is 0 Å². The highest BCUT2D eigenvalue weighted by Gasteiger charge is 2.10. The second-order valence-corrected chi connectivity index (χ2v) is 4.62. The first-order chi connectivity index (χ1) is 9.58. The smallest absolute Gasteiger partial charge is 0.348 e. The van der Waals surface area contributed by atoms with Gasteiger partial charge in [-0.25, -0.2) is 4.79 Å². The van der Waals surface area contributed by atoms with Gasteiger partial charge < -0.3 is 9.47 Å². The molecular weight excluding hydrogens is 254 g/mol. The Morgan fingerprint density at radius 1 is 1.30 bits per heavy atom. The van der Waals surface area contributed by atoms with Gasteiger partial charge in [-0.2, -0.15) is 5.26 Å². The molecule has 0 unspecified atom stereocenters. The molecule has 0 bridgehead atoms. The Morgan fingerprint density at radius 3 is 2.45 bits per heavy atom. The van der Waals surface area contributed by atoms with E-state index < -0.39 is 5.97 Å². The third-order valence-electron chi connectivity index (χ3n) is 2.78. The SMILES string of the molecule is COCCOC(=O)C(C#N)=Cc1ccc(C(C)C)cc1. The number of nitrogens with zero attached hydrogens (tertiary/aromatic N) is 1. The Morgan fingerprint density at radius 2 is 1.95 bits per heavy atom. The van der Waals surface area contributed by atoms with Crippen LogP contribution in [0.3, 0.4) is 0 Å². The first-order valence-corrected chi connectivity index (χ1v) is 6.46. The quantitative estimate of drug-likeness (QED) is 0.346. The van der Waals surface area contributed by atoms with Crippen LogP contribution >= 0.6 is 0 Å². The molecule has 20 heavy (non-hydrogen) atoms. The van der Waals surface area contributed by atoms with E-state index in [0.29, 0.717) is 12.5 Å². The number of nitriles is 1. The summed E-state index contributed by atoms with van der Waals surface area (Å²) >= 11 is 0. The molecule has 1 rings (SSSR count). The van der Waals surface area contributed by atoms with Gasteiger partial charge in [0.15, 0.2) is 0 Å². The third-order valence-corrected chi connectivity index (χ3v) is 2.78. The van der Waals surface area contributed by atoms with E-state index in [2.05, 4.69) is 13.8 Å². The van der Waals surface area contributed by atoms with Crippen molar-refractivity contribution in [1.29, 1.82) is 5.26 Å². The summed E-state index contributed by atoms with van der Waals surface area (Å²) in [4.78, 5) is 11.7. The first-order valence-electron chi connectivity index (χ1n) is 6.46. The molecule has 0 aliphatic heterocycles. The first kappa shape index (κ1) is 15.9. The lowest BCUT2D eigenvalue weighted by Gasteiger charge is -2.05. The highest BCUT2D eigenvalue weighted by atomic mass is 16.6. The number of benzene rings is 1. The van der Waals surface area contributed by atoms with Crippen LogP contribution in [0.4, 0.5) is 0 Å². The van der Waals surface area contributed by atoms with Crippen molar-refractivity contribution in [3.05, 3.63) is 41.0 Å². The van der Waals surface area contributed by atoms with Crippen LogP contribution in [0.15, 0.2) is 29.8 Å². The maximum Gasteiger partial charge on any atom is 0.348 e. The molecule has 0 saturated heterocycles. The highest BCUT2D eigenvalue weighted by molar-refractivity contribution is 5.97. The lowest BCUT2D eigenvalue weighted by molar-refractivity contribution is -0.139. The Bertz CT molecular complexity index is 510. The minimum atomic E-state index is -0.627. The van der Waals surface area contributed by atoms with Crippen LogP contribution in [-0.4, -0.2) is 26.3 Å². The van der Waals surface area contributed by atoms with Gasteiger partial charge in [-0.05, 0) is 23.1 Å². The summed E-state index contributed by atoms with van der Waals surface area (Å²) in [5, 5.41) is 9.01. The summed E-state index contributed by atoms with van der Waals surface area (Å²) in [5.41, 5.74) is 2.00. The number of methoxy groups -OCH3 is 1. The zero-order valence-corrected chi connectivity index (χ0v) is 12.1. The Labute approximate surface area is 119 Å². The molecule has 4 heteroatoms. The molecular formula is C16H19NO3. The van der Waals surface area contributed by atoms with E-state index in [1.807, 2.05) is 30.3 Å². The summed E-state index contributed by atoms with van der Waals surface area (Å²) < 4.78 is 9.69. The molecule has 0 aliphatic carbocycles. The molecule has 0 aromatic heterocycles. The number of hydrogen-bond donors (Lipinski definition) is 0. The van der Waals surface area contributed by atoms with Gasteiger partial charge in [0.1, 0.15) is 18.2 Å². The predicted octanol–water partition coefficient (Wildman–Crippen LogP) is 2.91.